The van der Waals surface area contributed by atoms with Crippen LogP contribution in [0.2, 0.25) is 0 Å². The first kappa shape index (κ1) is 29.2. The van der Waals surface area contributed by atoms with E-state index in [9.17, 15) is 4.79 Å². The van der Waals surface area contributed by atoms with Crippen molar-refractivity contribution in [2.24, 2.45) is 0 Å². The minimum Gasteiger partial charge on any atom is -0.490 e. The molecule has 1 saturated heterocycles. The Morgan fingerprint density at radius 1 is 1.23 bits per heavy atom. The monoisotopic (exact) mass is 580 g/mol. The Morgan fingerprint density at radius 2 is 2.09 bits per heavy atom. The van der Waals surface area contributed by atoms with Crippen molar-refractivity contribution in [1.82, 2.24) is 29.6 Å². The summed E-state index contributed by atoms with van der Waals surface area (Å²) in [5, 5.41) is 3.93. The summed E-state index contributed by atoms with van der Waals surface area (Å²) < 4.78 is 13.7. The Morgan fingerprint density at radius 3 is 2.86 bits per heavy atom. The maximum absolute atomic E-state index is 14.1. The number of pyridine rings is 2. The second-order valence-electron chi connectivity index (χ2n) is 11.8. The number of likely N-dealkylation sites (N-methyl/N-ethyl adjacent to an activating group) is 1. The van der Waals surface area contributed by atoms with Gasteiger partial charge in [0.15, 0.2) is 5.43 Å². The van der Waals surface area contributed by atoms with E-state index in [4.69, 9.17) is 17.3 Å². The second-order valence-corrected chi connectivity index (χ2v) is 11.8. The van der Waals surface area contributed by atoms with Gasteiger partial charge in [0.2, 0.25) is 5.88 Å². The third kappa shape index (κ3) is 5.72. The fraction of sp³-hybridized carbons (Fsp3) is 0.455. The van der Waals surface area contributed by atoms with Crippen LogP contribution in [-0.2, 0) is 13.1 Å². The molecule has 0 saturated carbocycles. The van der Waals surface area contributed by atoms with E-state index >= 15 is 0 Å². The second kappa shape index (κ2) is 12.4. The van der Waals surface area contributed by atoms with E-state index in [2.05, 4.69) is 61.9 Å². The van der Waals surface area contributed by atoms with Gasteiger partial charge in [0.1, 0.15) is 26.0 Å². The number of allylic oxidation sites excluding steroid dienone is 2. The molecule has 2 radical (unpaired) electrons. The van der Waals surface area contributed by atoms with Gasteiger partial charge < -0.3 is 29.2 Å². The largest absolute Gasteiger partial charge is 0.490 e. The van der Waals surface area contributed by atoms with Gasteiger partial charge in [0, 0.05) is 81.4 Å². The Bertz CT molecular complexity index is 1620. The zero-order valence-electron chi connectivity index (χ0n) is 25.7. The average Bonchev–Trinajstić information content (AvgIpc) is 3.03. The van der Waals surface area contributed by atoms with Crippen LogP contribution in [0.25, 0.3) is 10.9 Å². The van der Waals surface area contributed by atoms with Crippen LogP contribution in [0.1, 0.15) is 43.4 Å². The third-order valence-corrected chi connectivity index (χ3v) is 9.12. The number of piperidine rings is 1. The van der Waals surface area contributed by atoms with Crippen molar-refractivity contribution in [3.05, 3.63) is 81.7 Å². The van der Waals surface area contributed by atoms with Gasteiger partial charge in [0.05, 0.1) is 25.2 Å². The summed E-state index contributed by atoms with van der Waals surface area (Å²) in [7, 11) is 12.0. The first-order chi connectivity index (χ1) is 20.9. The third-order valence-electron chi connectivity index (χ3n) is 9.12. The van der Waals surface area contributed by atoms with Crippen LogP contribution in [0.15, 0.2) is 65.1 Å². The molecule has 0 amide bonds. The zero-order valence-corrected chi connectivity index (χ0v) is 25.7. The van der Waals surface area contributed by atoms with Crippen LogP contribution < -0.4 is 25.7 Å². The lowest BCUT2D eigenvalue weighted by atomic mass is 9.91. The highest BCUT2D eigenvalue weighted by atomic mass is 16.5. The number of aromatic nitrogens is 2. The molecular formula is C33H41BN6O3. The highest BCUT2D eigenvalue weighted by Crippen LogP contribution is 2.32. The van der Waals surface area contributed by atoms with Crippen LogP contribution in [0.5, 0.6) is 11.6 Å². The molecule has 9 nitrogen and oxygen atoms in total. The van der Waals surface area contributed by atoms with Crippen molar-refractivity contribution >= 4 is 24.2 Å². The molecule has 0 bridgehead atoms. The number of nitrogens with one attached hydrogen (secondary N) is 1. The van der Waals surface area contributed by atoms with Gasteiger partial charge in [0.25, 0.3) is 0 Å². The van der Waals surface area contributed by atoms with Crippen molar-refractivity contribution in [2.45, 2.75) is 51.4 Å². The van der Waals surface area contributed by atoms with Gasteiger partial charge >= 0.3 is 0 Å². The smallest absolute Gasteiger partial charge is 0.213 e. The molecular weight excluding hydrogens is 539 g/mol. The van der Waals surface area contributed by atoms with E-state index in [0.717, 1.165) is 61.4 Å². The normalized spacial score (nSPS) is 20.1. The number of nitrogens with zero attached hydrogens (tertiary/aromatic N) is 5. The highest BCUT2D eigenvalue weighted by molar-refractivity contribution is 6.35. The molecule has 1 fully saturated rings. The number of benzene rings is 1. The standard InChI is InChI=1S/C33H41BN6O3/c1-5-24-21-43-33-28(34)10-9-27-31(33)40(24)18-23(32(27)41)17-39(16-22-12-13-36-30(15-22)42-4)25-7-6-14-38(20-25)26-8-11-29(35-2)37(3)19-26/h8-13,15,18,24-25,35H,5-7,14,16-17,19-21H2,1-4H3. The lowest BCUT2D eigenvalue weighted by molar-refractivity contribution is 0.0981. The van der Waals surface area contributed by atoms with Gasteiger partial charge in [-0.1, -0.05) is 18.5 Å². The van der Waals surface area contributed by atoms with Crippen molar-refractivity contribution in [1.29, 1.82) is 0 Å². The predicted molar refractivity (Wildman–Crippen MR) is 171 cm³/mol. The lowest BCUT2D eigenvalue weighted by Crippen LogP contribution is -2.49. The van der Waals surface area contributed by atoms with Crippen LogP contribution >= 0.6 is 0 Å². The minimum absolute atomic E-state index is 0.0409. The summed E-state index contributed by atoms with van der Waals surface area (Å²) >= 11 is 0. The number of methoxy groups -OCH3 is 1. The Balaban J connectivity index is 1.36. The van der Waals surface area contributed by atoms with Crippen molar-refractivity contribution in [2.75, 3.05) is 47.4 Å². The quantitative estimate of drug-likeness (QED) is 0.388. The van der Waals surface area contributed by atoms with Gasteiger partial charge in [-0.05, 0) is 49.1 Å². The fourth-order valence-corrected chi connectivity index (χ4v) is 6.72. The van der Waals surface area contributed by atoms with Crippen LogP contribution in [0.4, 0.5) is 0 Å². The molecule has 224 valence electrons. The average molecular weight is 581 g/mol. The summed E-state index contributed by atoms with van der Waals surface area (Å²) in [6.07, 6.45) is 11.3. The van der Waals surface area contributed by atoms with Gasteiger partial charge in [-0.15, -0.1) is 0 Å². The van der Waals surface area contributed by atoms with Crippen LogP contribution in [0, 0.1) is 0 Å². The van der Waals surface area contributed by atoms with E-state index < -0.39 is 0 Å². The summed E-state index contributed by atoms with van der Waals surface area (Å²) in [5.74, 6) is 2.33. The van der Waals surface area contributed by atoms with Crippen molar-refractivity contribution < 1.29 is 9.47 Å². The molecule has 3 aliphatic rings. The van der Waals surface area contributed by atoms with E-state index in [-0.39, 0.29) is 17.5 Å². The van der Waals surface area contributed by atoms with Gasteiger partial charge in [-0.2, -0.15) is 0 Å². The van der Waals surface area contributed by atoms with Gasteiger partial charge in [-0.3, -0.25) is 9.69 Å². The summed E-state index contributed by atoms with van der Waals surface area (Å²) in [6, 6.07) is 8.09. The summed E-state index contributed by atoms with van der Waals surface area (Å²) in [6.45, 7) is 6.71. The first-order valence-electron chi connectivity index (χ1n) is 15.3. The molecule has 6 rings (SSSR count). The maximum Gasteiger partial charge on any atom is 0.213 e. The molecule has 0 aliphatic carbocycles. The Kier molecular flexibility index (Phi) is 8.39. The highest BCUT2D eigenvalue weighted by Gasteiger charge is 2.30. The number of ether oxygens (including phenoxy) is 2. The van der Waals surface area contributed by atoms with E-state index in [0.29, 0.717) is 42.2 Å². The minimum atomic E-state index is 0.0409. The van der Waals surface area contributed by atoms with Crippen LogP contribution in [-0.4, -0.2) is 85.6 Å². The molecule has 0 spiro atoms. The topological polar surface area (TPSA) is 75.1 Å². The molecule has 3 aliphatic heterocycles. The molecule has 43 heavy (non-hydrogen) atoms. The number of rotatable bonds is 9. The molecule has 1 aromatic carbocycles. The fourth-order valence-electron chi connectivity index (χ4n) is 6.72. The molecule has 5 heterocycles. The maximum atomic E-state index is 14.1. The number of hydrogen-bond donors (Lipinski definition) is 1. The SMILES string of the molecule is [B]c1ccc2c(=O)c(CN(Cc3ccnc(OC)c3)C3CCCN(C4=CC=C(NC)N(C)C4)C3)cn3c2c1OCC3CC. The van der Waals surface area contributed by atoms with Crippen LogP contribution in [0.3, 0.4) is 0 Å². The molecule has 1 N–H and O–H groups in total. The zero-order chi connectivity index (χ0) is 30.1. The number of likely N-dealkylation sites (tertiary alicyclic amines) is 1. The van der Waals surface area contributed by atoms with Crippen molar-refractivity contribution in [3.63, 3.8) is 0 Å². The molecule has 10 heteroatoms. The van der Waals surface area contributed by atoms with Gasteiger partial charge in [-0.25, -0.2) is 4.98 Å². The Hall–Kier alpha value is -3.92. The molecule has 2 atom stereocenters. The summed E-state index contributed by atoms with van der Waals surface area (Å²) in [4.78, 5) is 25.6. The predicted octanol–water partition coefficient (Wildman–Crippen LogP) is 2.90. The summed E-state index contributed by atoms with van der Waals surface area (Å²) in [5.41, 5.74) is 4.64. The van der Waals surface area contributed by atoms with E-state index in [1.165, 1.54) is 5.70 Å². The molecule has 3 aromatic rings. The van der Waals surface area contributed by atoms with E-state index in [1.54, 1.807) is 19.4 Å². The molecule has 2 aromatic heterocycles. The molecule has 2 unspecified atom stereocenters. The first-order valence-corrected chi connectivity index (χ1v) is 15.3. The van der Waals surface area contributed by atoms with Crippen molar-refractivity contribution in [3.8, 4) is 11.6 Å². The Labute approximate surface area is 255 Å². The lowest BCUT2D eigenvalue weighted by Gasteiger charge is -2.43. The van der Waals surface area contributed by atoms with E-state index in [1.807, 2.05) is 25.2 Å². The number of hydrogen-bond acceptors (Lipinski definition) is 8.